The van der Waals surface area contributed by atoms with Crippen molar-refractivity contribution in [1.29, 1.82) is 5.41 Å². The minimum atomic E-state index is 0.172. The van der Waals surface area contributed by atoms with Crippen molar-refractivity contribution in [2.75, 3.05) is 6.61 Å². The average Bonchev–Trinajstić information content (AvgIpc) is 2.36. The maximum Gasteiger partial charge on any atom is 0.243 e. The van der Waals surface area contributed by atoms with E-state index in [1.165, 1.54) is 11.3 Å². The molecule has 11 heavy (non-hydrogen) atoms. The van der Waals surface area contributed by atoms with Gasteiger partial charge in [-0.2, -0.15) is 0 Å². The molecule has 0 radical (unpaired) electrons. The molecule has 60 valence electrons. The van der Waals surface area contributed by atoms with Gasteiger partial charge in [0.05, 0.1) is 6.61 Å². The Hall–Kier alpha value is -0.900. The highest BCUT2D eigenvalue weighted by Crippen LogP contribution is 2.09. The van der Waals surface area contributed by atoms with Gasteiger partial charge in [-0.05, 0) is 13.8 Å². The van der Waals surface area contributed by atoms with E-state index >= 15 is 0 Å². The van der Waals surface area contributed by atoms with Crippen molar-refractivity contribution in [2.24, 2.45) is 0 Å². The Morgan fingerprint density at radius 2 is 2.55 bits per heavy atom. The van der Waals surface area contributed by atoms with Crippen molar-refractivity contribution in [1.82, 2.24) is 4.98 Å². The number of ether oxygens (including phenoxy) is 1. The molecule has 0 aliphatic heterocycles. The van der Waals surface area contributed by atoms with Gasteiger partial charge in [0.1, 0.15) is 0 Å². The van der Waals surface area contributed by atoms with Gasteiger partial charge >= 0.3 is 0 Å². The van der Waals surface area contributed by atoms with Crippen LogP contribution in [0.1, 0.15) is 17.6 Å². The van der Waals surface area contributed by atoms with Crippen LogP contribution in [-0.2, 0) is 4.74 Å². The lowest BCUT2D eigenvalue weighted by Crippen LogP contribution is -2.03. The first-order chi connectivity index (χ1) is 5.24. The van der Waals surface area contributed by atoms with Crippen LogP contribution in [0, 0.1) is 12.3 Å². The molecule has 1 rings (SSSR count). The van der Waals surface area contributed by atoms with Gasteiger partial charge < -0.3 is 4.74 Å². The first-order valence-electron chi connectivity index (χ1n) is 3.38. The van der Waals surface area contributed by atoms with E-state index in [9.17, 15) is 0 Å². The molecule has 1 heterocycles. The standard InChI is InChI=1S/C7H10N2OS/c1-3-10-6(8)7-9-5(2)4-11-7/h4,8H,3H2,1-2H3. The lowest BCUT2D eigenvalue weighted by atomic mass is 10.6. The number of nitrogens with one attached hydrogen (secondary N) is 1. The molecular weight excluding hydrogens is 160 g/mol. The number of hydrogen-bond acceptors (Lipinski definition) is 4. The van der Waals surface area contributed by atoms with Crippen LogP contribution in [0.5, 0.6) is 0 Å². The summed E-state index contributed by atoms with van der Waals surface area (Å²) in [6, 6.07) is 0. The van der Waals surface area contributed by atoms with Gasteiger partial charge in [0.15, 0.2) is 5.01 Å². The zero-order valence-electron chi connectivity index (χ0n) is 6.55. The molecule has 0 atom stereocenters. The normalized spacial score (nSPS) is 9.64. The number of nitrogens with zero attached hydrogens (tertiary/aromatic N) is 1. The Kier molecular flexibility index (Phi) is 2.59. The van der Waals surface area contributed by atoms with Crippen molar-refractivity contribution >= 4 is 17.2 Å². The number of hydrogen-bond donors (Lipinski definition) is 1. The molecule has 0 spiro atoms. The molecule has 1 aromatic rings. The molecule has 0 unspecified atom stereocenters. The predicted molar refractivity (Wildman–Crippen MR) is 45.3 cm³/mol. The second-order valence-corrected chi connectivity index (χ2v) is 2.91. The Balaban J connectivity index is 2.69. The third-order valence-corrected chi connectivity index (χ3v) is 2.06. The molecule has 0 bridgehead atoms. The molecule has 4 heteroatoms. The summed E-state index contributed by atoms with van der Waals surface area (Å²) in [6.45, 7) is 4.28. The van der Waals surface area contributed by atoms with E-state index in [2.05, 4.69) is 4.98 Å². The van der Waals surface area contributed by atoms with Gasteiger partial charge in [0.25, 0.3) is 0 Å². The number of thiazole rings is 1. The van der Waals surface area contributed by atoms with Crippen LogP contribution in [-0.4, -0.2) is 17.5 Å². The smallest absolute Gasteiger partial charge is 0.243 e. The van der Waals surface area contributed by atoms with Crippen LogP contribution < -0.4 is 0 Å². The highest BCUT2D eigenvalue weighted by Gasteiger charge is 2.04. The van der Waals surface area contributed by atoms with Crippen molar-refractivity contribution in [3.63, 3.8) is 0 Å². The van der Waals surface area contributed by atoms with Crippen molar-refractivity contribution in [2.45, 2.75) is 13.8 Å². The Morgan fingerprint density at radius 3 is 3.00 bits per heavy atom. The SMILES string of the molecule is CCOC(=N)c1nc(C)cs1. The minimum absolute atomic E-state index is 0.172. The highest BCUT2D eigenvalue weighted by molar-refractivity contribution is 7.11. The maximum absolute atomic E-state index is 7.37. The quantitative estimate of drug-likeness (QED) is 0.543. The van der Waals surface area contributed by atoms with Crippen LogP contribution in [0.3, 0.4) is 0 Å². The summed E-state index contributed by atoms with van der Waals surface area (Å²) in [6.07, 6.45) is 0. The lowest BCUT2D eigenvalue weighted by molar-refractivity contribution is 0.325. The number of rotatable bonds is 2. The fraction of sp³-hybridized carbons (Fsp3) is 0.429. The minimum Gasteiger partial charge on any atom is -0.476 e. The van der Waals surface area contributed by atoms with Crippen LogP contribution in [0.25, 0.3) is 0 Å². The Labute approximate surface area is 69.6 Å². The lowest BCUT2D eigenvalue weighted by Gasteiger charge is -1.98. The largest absolute Gasteiger partial charge is 0.476 e. The summed E-state index contributed by atoms with van der Waals surface area (Å²) < 4.78 is 4.97. The maximum atomic E-state index is 7.37. The molecule has 0 saturated heterocycles. The summed E-state index contributed by atoms with van der Waals surface area (Å²) in [4.78, 5) is 4.10. The van der Waals surface area contributed by atoms with E-state index in [-0.39, 0.29) is 5.90 Å². The van der Waals surface area contributed by atoms with Crippen LogP contribution in [0.15, 0.2) is 5.38 Å². The molecule has 0 aromatic carbocycles. The summed E-state index contributed by atoms with van der Waals surface area (Å²) in [5.74, 6) is 0.172. The number of aryl methyl sites for hydroxylation is 1. The monoisotopic (exact) mass is 170 g/mol. The van der Waals surface area contributed by atoms with Gasteiger partial charge in [0.2, 0.25) is 5.90 Å². The average molecular weight is 170 g/mol. The zero-order valence-corrected chi connectivity index (χ0v) is 7.36. The first-order valence-corrected chi connectivity index (χ1v) is 4.26. The predicted octanol–water partition coefficient (Wildman–Crippen LogP) is 1.81. The third kappa shape index (κ3) is 2.01. The van der Waals surface area contributed by atoms with E-state index in [1.54, 1.807) is 0 Å². The van der Waals surface area contributed by atoms with E-state index in [0.29, 0.717) is 11.6 Å². The van der Waals surface area contributed by atoms with Crippen molar-refractivity contribution < 1.29 is 4.74 Å². The van der Waals surface area contributed by atoms with Crippen LogP contribution in [0.4, 0.5) is 0 Å². The zero-order chi connectivity index (χ0) is 8.27. The van der Waals surface area contributed by atoms with Gasteiger partial charge in [-0.15, -0.1) is 11.3 Å². The molecule has 0 aliphatic rings. The summed E-state index contributed by atoms with van der Waals surface area (Å²) in [7, 11) is 0. The van der Waals surface area contributed by atoms with Crippen LogP contribution >= 0.6 is 11.3 Å². The van der Waals surface area contributed by atoms with Crippen LogP contribution in [0.2, 0.25) is 0 Å². The summed E-state index contributed by atoms with van der Waals surface area (Å²) in [5.41, 5.74) is 0.939. The second kappa shape index (κ2) is 3.48. The van der Waals surface area contributed by atoms with E-state index in [1.807, 2.05) is 19.2 Å². The van der Waals surface area contributed by atoms with E-state index in [4.69, 9.17) is 10.1 Å². The fourth-order valence-corrected chi connectivity index (χ4v) is 1.36. The Bertz CT molecular complexity index is 257. The van der Waals surface area contributed by atoms with Crippen molar-refractivity contribution in [3.8, 4) is 0 Å². The molecule has 1 N–H and O–H groups in total. The second-order valence-electron chi connectivity index (χ2n) is 2.06. The summed E-state index contributed by atoms with van der Waals surface area (Å²) in [5, 5.41) is 9.93. The number of aromatic nitrogens is 1. The molecule has 0 amide bonds. The topological polar surface area (TPSA) is 46.0 Å². The summed E-state index contributed by atoms with van der Waals surface area (Å²) >= 11 is 1.44. The molecule has 3 nitrogen and oxygen atoms in total. The fourth-order valence-electron chi connectivity index (χ4n) is 0.664. The molecular formula is C7H10N2OS. The molecule has 1 aromatic heterocycles. The highest BCUT2D eigenvalue weighted by atomic mass is 32.1. The Morgan fingerprint density at radius 1 is 1.82 bits per heavy atom. The van der Waals surface area contributed by atoms with Gasteiger partial charge in [0, 0.05) is 11.1 Å². The van der Waals surface area contributed by atoms with E-state index < -0.39 is 0 Å². The third-order valence-electron chi connectivity index (χ3n) is 1.10. The van der Waals surface area contributed by atoms with Crippen molar-refractivity contribution in [3.05, 3.63) is 16.1 Å². The molecule has 0 aliphatic carbocycles. The molecule has 0 fully saturated rings. The van der Waals surface area contributed by atoms with Gasteiger partial charge in [-0.25, -0.2) is 4.98 Å². The van der Waals surface area contributed by atoms with E-state index in [0.717, 1.165) is 5.69 Å². The first kappa shape index (κ1) is 8.20. The van der Waals surface area contributed by atoms with Gasteiger partial charge in [-0.3, -0.25) is 5.41 Å². The molecule has 0 saturated carbocycles. The van der Waals surface area contributed by atoms with Gasteiger partial charge in [-0.1, -0.05) is 0 Å².